The maximum atomic E-state index is 13.8. The van der Waals surface area contributed by atoms with Crippen molar-refractivity contribution in [2.75, 3.05) is 19.8 Å². The van der Waals surface area contributed by atoms with Crippen LogP contribution < -0.4 is 0 Å². The first-order valence-corrected chi connectivity index (χ1v) is 11.0. The lowest BCUT2D eigenvalue weighted by Crippen LogP contribution is -2.79. The Kier molecular flexibility index (Phi) is 11.7. The zero-order chi connectivity index (χ0) is 40.5. The molecule has 296 valence electrons. The molecule has 0 radical (unpaired) electrons. The van der Waals surface area contributed by atoms with Gasteiger partial charge < -0.3 is 9.84 Å². The van der Waals surface area contributed by atoms with E-state index in [1.165, 1.54) is 0 Å². The van der Waals surface area contributed by atoms with Crippen molar-refractivity contribution in [3.05, 3.63) is 0 Å². The van der Waals surface area contributed by atoms with Crippen LogP contribution in [-0.2, 0) is 4.74 Å². The molecule has 31 heteroatoms. The molecule has 0 amide bonds. The Labute approximate surface area is 248 Å². The predicted molar refractivity (Wildman–Crippen MR) is 92.9 cm³/mol. The molecule has 0 aliphatic rings. The summed E-state index contributed by atoms with van der Waals surface area (Å²) in [5.74, 6) is -120. The molecule has 0 aliphatic heterocycles. The van der Waals surface area contributed by atoms with Gasteiger partial charge in [-0.15, -0.1) is 0 Å². The van der Waals surface area contributed by atoms with Gasteiger partial charge in [0.05, 0.1) is 19.8 Å². The molecule has 0 heterocycles. The van der Waals surface area contributed by atoms with Crippen molar-refractivity contribution in [1.29, 1.82) is 0 Å². The van der Waals surface area contributed by atoms with Gasteiger partial charge in [0.1, 0.15) is 0 Å². The minimum Gasteiger partial charge on any atom is -0.394 e. The summed E-state index contributed by atoms with van der Waals surface area (Å²) in [7, 11) is 0. The zero-order valence-corrected chi connectivity index (χ0v) is 21.6. The summed E-state index contributed by atoms with van der Waals surface area (Å²) in [6.07, 6.45) is -11.4. The number of alkyl halides is 29. The molecule has 1 N–H and O–H groups in total. The van der Waals surface area contributed by atoms with Crippen LogP contribution in [0.1, 0.15) is 6.42 Å². The van der Waals surface area contributed by atoms with E-state index in [1.807, 2.05) is 0 Å². The van der Waals surface area contributed by atoms with Gasteiger partial charge in [0, 0.05) is 6.42 Å². The van der Waals surface area contributed by atoms with Gasteiger partial charge in [0.25, 0.3) is 0 Å². The highest BCUT2D eigenvalue weighted by Crippen LogP contribution is 2.69. The van der Waals surface area contributed by atoms with Crippen LogP contribution in [0.3, 0.4) is 0 Å². The standard InChI is InChI=1S/C18H9F29O2/c19-5(20,1-3-49-4-2-48)6(21,22)7(23,24)8(25,26)9(27,28)10(29,30)11(31,32)12(33,34)13(35,36)14(37,38)15(39,40)16(41,42)17(43,44)18(45,46)47/h48H,1-4H2. The second-order valence-electron chi connectivity index (χ2n) is 9.18. The number of halogens is 29. The molecular formula is C18H9F29O2. The van der Waals surface area contributed by atoms with Crippen LogP contribution in [0.4, 0.5) is 127 Å². The van der Waals surface area contributed by atoms with Gasteiger partial charge in [-0.1, -0.05) is 0 Å². The number of rotatable bonds is 17. The quantitative estimate of drug-likeness (QED) is 0.117. The maximum Gasteiger partial charge on any atom is 0.460 e. The smallest absolute Gasteiger partial charge is 0.394 e. The van der Waals surface area contributed by atoms with Crippen molar-refractivity contribution in [2.24, 2.45) is 0 Å². The van der Waals surface area contributed by atoms with Crippen LogP contribution in [0.5, 0.6) is 0 Å². The van der Waals surface area contributed by atoms with E-state index in [-0.39, 0.29) is 0 Å². The van der Waals surface area contributed by atoms with Gasteiger partial charge in [-0.25, -0.2) is 0 Å². The first-order valence-electron chi connectivity index (χ1n) is 11.0. The summed E-state index contributed by atoms with van der Waals surface area (Å²) in [6, 6.07) is 0. The van der Waals surface area contributed by atoms with Crippen LogP contribution in [0.25, 0.3) is 0 Å². The third-order valence-corrected chi connectivity index (χ3v) is 5.95. The molecule has 0 rings (SSSR count). The molecule has 0 bridgehead atoms. The van der Waals surface area contributed by atoms with E-state index in [9.17, 15) is 127 Å². The molecule has 0 fully saturated rings. The average molecular weight is 808 g/mol. The molecule has 0 unspecified atom stereocenters. The summed E-state index contributed by atoms with van der Waals surface area (Å²) in [5, 5.41) is 8.23. The Morgan fingerprint density at radius 3 is 0.694 bits per heavy atom. The molecule has 0 atom stereocenters. The van der Waals surface area contributed by atoms with Crippen molar-refractivity contribution < 1.29 is 137 Å². The molecule has 2 nitrogen and oxygen atoms in total. The third-order valence-electron chi connectivity index (χ3n) is 5.95. The number of aliphatic hydroxyl groups is 1. The predicted octanol–water partition coefficient (Wildman–Crippen LogP) is 9.21. The lowest BCUT2D eigenvalue weighted by Gasteiger charge is -2.46. The first kappa shape index (κ1) is 46.9. The molecule has 0 spiro atoms. The number of hydrogen-bond acceptors (Lipinski definition) is 2. The minimum absolute atomic E-state index is 1.17. The molecule has 0 aliphatic carbocycles. The van der Waals surface area contributed by atoms with Crippen LogP contribution in [0.2, 0.25) is 0 Å². The first-order chi connectivity index (χ1) is 20.8. The molecule has 0 aromatic carbocycles. The Balaban J connectivity index is 7.38. The monoisotopic (exact) mass is 808 g/mol. The van der Waals surface area contributed by atoms with Gasteiger partial charge >= 0.3 is 83.2 Å². The SMILES string of the molecule is OCCOCCC(F)(F)C(F)(F)C(F)(F)C(F)(F)C(F)(F)C(F)(F)C(F)(F)C(F)(F)C(F)(F)C(F)(F)C(F)(F)C(F)(F)C(F)(F)C(F)(F)F. The van der Waals surface area contributed by atoms with Crippen LogP contribution in [-0.4, -0.2) is 108 Å². The van der Waals surface area contributed by atoms with Gasteiger partial charge in [-0.05, 0) is 0 Å². The lowest BCUT2D eigenvalue weighted by atomic mass is 9.83. The fourth-order valence-electron chi connectivity index (χ4n) is 2.90. The lowest BCUT2D eigenvalue weighted by molar-refractivity contribution is -0.487. The molecule has 0 aromatic rings. The Morgan fingerprint density at radius 1 is 0.286 bits per heavy atom. The molecule has 0 saturated carbocycles. The summed E-state index contributed by atoms with van der Waals surface area (Å²) in [4.78, 5) is 0. The highest BCUT2D eigenvalue weighted by molar-refractivity contribution is 5.21. The minimum atomic E-state index is -9.94. The fourth-order valence-corrected chi connectivity index (χ4v) is 2.90. The van der Waals surface area contributed by atoms with E-state index in [4.69, 9.17) is 5.11 Å². The van der Waals surface area contributed by atoms with Crippen LogP contribution in [0.15, 0.2) is 0 Å². The summed E-state index contributed by atoms with van der Waals surface area (Å²) >= 11 is 0. The number of hydrogen-bond donors (Lipinski definition) is 1. The average Bonchev–Trinajstić information content (AvgIpc) is 2.88. The van der Waals surface area contributed by atoms with Gasteiger partial charge in [0.2, 0.25) is 0 Å². The molecule has 49 heavy (non-hydrogen) atoms. The van der Waals surface area contributed by atoms with Gasteiger partial charge in [-0.3, -0.25) is 0 Å². The Bertz CT molecular complexity index is 1150. The van der Waals surface area contributed by atoms with E-state index in [0.29, 0.717) is 0 Å². The van der Waals surface area contributed by atoms with Crippen molar-refractivity contribution in [3.8, 4) is 0 Å². The normalized spacial score (nSPS) is 16.8. The highest BCUT2D eigenvalue weighted by atomic mass is 19.4. The third kappa shape index (κ3) is 5.95. The fraction of sp³-hybridized carbons (Fsp3) is 1.00. The van der Waals surface area contributed by atoms with E-state index in [0.717, 1.165) is 0 Å². The number of aliphatic hydroxyl groups excluding tert-OH is 1. The molecular weight excluding hydrogens is 799 g/mol. The second kappa shape index (κ2) is 12.2. The second-order valence-corrected chi connectivity index (χ2v) is 9.18. The Hall–Kier alpha value is -2.11. The van der Waals surface area contributed by atoms with Crippen molar-refractivity contribution in [1.82, 2.24) is 0 Å². The maximum absolute atomic E-state index is 13.8. The van der Waals surface area contributed by atoms with Crippen molar-refractivity contribution in [3.63, 3.8) is 0 Å². The van der Waals surface area contributed by atoms with E-state index in [2.05, 4.69) is 4.74 Å². The molecule has 0 saturated heterocycles. The summed E-state index contributed by atoms with van der Waals surface area (Å²) in [6.45, 7) is -4.43. The van der Waals surface area contributed by atoms with Gasteiger partial charge in [0.15, 0.2) is 0 Å². The van der Waals surface area contributed by atoms with Crippen molar-refractivity contribution >= 4 is 0 Å². The zero-order valence-electron chi connectivity index (χ0n) is 21.6. The van der Waals surface area contributed by atoms with E-state index in [1.54, 1.807) is 0 Å². The number of ether oxygens (including phenoxy) is 1. The summed E-state index contributed by atoms with van der Waals surface area (Å²) < 4.78 is 393. The van der Waals surface area contributed by atoms with E-state index >= 15 is 0 Å². The Morgan fingerprint density at radius 2 is 0.490 bits per heavy atom. The van der Waals surface area contributed by atoms with Crippen LogP contribution in [0, 0.1) is 0 Å². The van der Waals surface area contributed by atoms with E-state index < -0.39 is 109 Å². The van der Waals surface area contributed by atoms with Crippen molar-refractivity contribution in [2.45, 2.75) is 89.6 Å². The van der Waals surface area contributed by atoms with Crippen LogP contribution >= 0.6 is 0 Å². The molecule has 0 aromatic heterocycles. The summed E-state index contributed by atoms with van der Waals surface area (Å²) in [5.41, 5.74) is 0. The topological polar surface area (TPSA) is 29.5 Å². The largest absolute Gasteiger partial charge is 0.460 e. The highest BCUT2D eigenvalue weighted by Gasteiger charge is 3.00. The van der Waals surface area contributed by atoms with Gasteiger partial charge in [-0.2, -0.15) is 127 Å².